The van der Waals surface area contributed by atoms with Crippen molar-refractivity contribution in [2.75, 3.05) is 31.0 Å². The topological polar surface area (TPSA) is 50.8 Å². The molecule has 0 atom stereocenters. The molecule has 1 amide bonds. The fourth-order valence-electron chi connectivity index (χ4n) is 2.56. The highest BCUT2D eigenvalue weighted by Gasteiger charge is 2.22. The molecule has 1 heterocycles. The Morgan fingerprint density at radius 3 is 2.87 bits per heavy atom. The minimum absolute atomic E-state index is 0.0436. The molecule has 120 valence electrons. The number of rotatable bonds is 4. The van der Waals surface area contributed by atoms with Crippen molar-refractivity contribution in [1.82, 2.24) is 0 Å². The van der Waals surface area contributed by atoms with E-state index in [9.17, 15) is 4.79 Å². The maximum atomic E-state index is 11.7. The van der Waals surface area contributed by atoms with E-state index in [1.165, 1.54) is 0 Å². The molecule has 0 aromatic heterocycles. The second-order valence-electron chi connectivity index (χ2n) is 5.58. The lowest BCUT2D eigenvalue weighted by Crippen LogP contribution is -2.35. The van der Waals surface area contributed by atoms with Gasteiger partial charge < -0.3 is 19.7 Å². The molecule has 2 aromatic carbocycles. The SMILES string of the molecule is COc1cc(CNc2ccc3c(c2)N(C)C(=O)CO3)ccc1C. The van der Waals surface area contributed by atoms with Gasteiger partial charge in [-0.25, -0.2) is 0 Å². The van der Waals surface area contributed by atoms with Gasteiger partial charge in [-0.15, -0.1) is 0 Å². The minimum atomic E-state index is -0.0436. The average molecular weight is 312 g/mol. The highest BCUT2D eigenvalue weighted by Crippen LogP contribution is 2.33. The molecule has 1 aliphatic rings. The molecular weight excluding hydrogens is 292 g/mol. The molecule has 1 aliphatic heterocycles. The molecule has 0 saturated heterocycles. The quantitative estimate of drug-likeness (QED) is 0.943. The number of anilines is 2. The number of nitrogens with one attached hydrogen (secondary N) is 1. The van der Waals surface area contributed by atoms with Crippen LogP contribution in [0.1, 0.15) is 11.1 Å². The van der Waals surface area contributed by atoms with Crippen LogP contribution in [-0.4, -0.2) is 26.7 Å². The molecule has 0 bridgehead atoms. The van der Waals surface area contributed by atoms with E-state index in [0.717, 1.165) is 34.0 Å². The van der Waals surface area contributed by atoms with Crippen LogP contribution in [0.2, 0.25) is 0 Å². The summed E-state index contributed by atoms with van der Waals surface area (Å²) in [5, 5.41) is 3.37. The average Bonchev–Trinajstić information content (AvgIpc) is 2.57. The van der Waals surface area contributed by atoms with Gasteiger partial charge in [0, 0.05) is 19.3 Å². The van der Waals surface area contributed by atoms with Gasteiger partial charge in [-0.3, -0.25) is 4.79 Å². The van der Waals surface area contributed by atoms with Gasteiger partial charge in [-0.1, -0.05) is 12.1 Å². The van der Waals surface area contributed by atoms with Crippen LogP contribution in [0.4, 0.5) is 11.4 Å². The second kappa shape index (κ2) is 6.20. The lowest BCUT2D eigenvalue weighted by atomic mass is 10.1. The van der Waals surface area contributed by atoms with E-state index in [1.54, 1.807) is 19.1 Å². The lowest BCUT2D eigenvalue weighted by Gasteiger charge is -2.26. The highest BCUT2D eigenvalue weighted by atomic mass is 16.5. The number of nitrogens with zero attached hydrogens (tertiary/aromatic N) is 1. The number of aryl methyl sites for hydroxylation is 1. The Kier molecular flexibility index (Phi) is 4.10. The Morgan fingerprint density at radius 2 is 2.09 bits per heavy atom. The van der Waals surface area contributed by atoms with Crippen LogP contribution in [0.5, 0.6) is 11.5 Å². The molecule has 5 nitrogen and oxygen atoms in total. The minimum Gasteiger partial charge on any atom is -0.496 e. The second-order valence-corrected chi connectivity index (χ2v) is 5.58. The third-order valence-electron chi connectivity index (χ3n) is 4.01. The van der Waals surface area contributed by atoms with E-state index in [2.05, 4.69) is 11.4 Å². The monoisotopic (exact) mass is 312 g/mol. The summed E-state index contributed by atoms with van der Waals surface area (Å²) in [5.41, 5.74) is 3.97. The standard InChI is InChI=1S/C18H20N2O3/c1-12-4-5-13(8-17(12)22-3)10-19-14-6-7-16-15(9-14)20(2)18(21)11-23-16/h4-9,19H,10-11H2,1-3H3. The summed E-state index contributed by atoms with van der Waals surface area (Å²) >= 11 is 0. The van der Waals surface area contributed by atoms with Gasteiger partial charge in [0.15, 0.2) is 6.61 Å². The maximum absolute atomic E-state index is 11.7. The maximum Gasteiger partial charge on any atom is 0.264 e. The molecule has 23 heavy (non-hydrogen) atoms. The van der Waals surface area contributed by atoms with Crippen LogP contribution in [0.15, 0.2) is 36.4 Å². The van der Waals surface area contributed by atoms with Crippen molar-refractivity contribution >= 4 is 17.3 Å². The molecule has 5 heteroatoms. The number of fused-ring (bicyclic) bond motifs is 1. The molecule has 0 fully saturated rings. The van der Waals surface area contributed by atoms with Crippen molar-refractivity contribution in [1.29, 1.82) is 0 Å². The Labute approximate surface area is 135 Å². The van der Waals surface area contributed by atoms with E-state index >= 15 is 0 Å². The lowest BCUT2D eigenvalue weighted by molar-refractivity contribution is -0.120. The number of hydrogen-bond acceptors (Lipinski definition) is 4. The summed E-state index contributed by atoms with van der Waals surface area (Å²) in [6, 6.07) is 11.9. The van der Waals surface area contributed by atoms with Crippen molar-refractivity contribution in [3.05, 3.63) is 47.5 Å². The van der Waals surface area contributed by atoms with Crippen molar-refractivity contribution in [3.8, 4) is 11.5 Å². The fourth-order valence-corrected chi connectivity index (χ4v) is 2.56. The van der Waals surface area contributed by atoms with Gasteiger partial charge in [0.2, 0.25) is 0 Å². The zero-order valence-electron chi connectivity index (χ0n) is 13.6. The van der Waals surface area contributed by atoms with Crippen molar-refractivity contribution in [3.63, 3.8) is 0 Å². The fraction of sp³-hybridized carbons (Fsp3) is 0.278. The molecule has 0 aliphatic carbocycles. The normalized spacial score (nSPS) is 13.3. The van der Waals surface area contributed by atoms with Crippen LogP contribution >= 0.6 is 0 Å². The Bertz CT molecular complexity index is 743. The molecule has 0 radical (unpaired) electrons. The van der Waals surface area contributed by atoms with Crippen LogP contribution in [0.25, 0.3) is 0 Å². The number of hydrogen-bond donors (Lipinski definition) is 1. The van der Waals surface area contributed by atoms with Crippen LogP contribution in [-0.2, 0) is 11.3 Å². The third kappa shape index (κ3) is 3.08. The summed E-state index contributed by atoms with van der Waals surface area (Å²) in [4.78, 5) is 13.3. The summed E-state index contributed by atoms with van der Waals surface area (Å²) in [6.07, 6.45) is 0. The molecule has 0 spiro atoms. The van der Waals surface area contributed by atoms with E-state index < -0.39 is 0 Å². The third-order valence-corrected chi connectivity index (χ3v) is 4.01. The zero-order chi connectivity index (χ0) is 16.4. The van der Waals surface area contributed by atoms with Crippen LogP contribution < -0.4 is 19.7 Å². The molecule has 2 aromatic rings. The summed E-state index contributed by atoms with van der Waals surface area (Å²) in [7, 11) is 3.44. The van der Waals surface area contributed by atoms with Gasteiger partial charge in [-0.2, -0.15) is 0 Å². The van der Waals surface area contributed by atoms with Crippen LogP contribution in [0, 0.1) is 6.92 Å². The van der Waals surface area contributed by atoms with E-state index in [4.69, 9.17) is 9.47 Å². The van der Waals surface area contributed by atoms with E-state index in [-0.39, 0.29) is 12.5 Å². The first-order valence-corrected chi connectivity index (χ1v) is 7.49. The number of carbonyl (C=O) groups excluding carboxylic acids is 1. The van der Waals surface area contributed by atoms with Gasteiger partial charge in [0.25, 0.3) is 5.91 Å². The summed E-state index contributed by atoms with van der Waals surface area (Å²) in [5.74, 6) is 1.57. The smallest absolute Gasteiger partial charge is 0.264 e. The number of ether oxygens (including phenoxy) is 2. The summed E-state index contributed by atoms with van der Waals surface area (Å²) in [6.45, 7) is 2.79. The van der Waals surface area contributed by atoms with Gasteiger partial charge >= 0.3 is 0 Å². The molecule has 3 rings (SSSR count). The van der Waals surface area contributed by atoms with Gasteiger partial charge in [0.05, 0.1) is 12.8 Å². The predicted molar refractivity (Wildman–Crippen MR) is 90.4 cm³/mol. The molecular formula is C18H20N2O3. The van der Waals surface area contributed by atoms with Crippen LogP contribution in [0.3, 0.4) is 0 Å². The van der Waals surface area contributed by atoms with Crippen molar-refractivity contribution in [2.24, 2.45) is 0 Å². The first kappa shape index (κ1) is 15.2. The number of carbonyl (C=O) groups is 1. The number of likely N-dealkylation sites (N-methyl/N-ethyl adjacent to an activating group) is 1. The highest BCUT2D eigenvalue weighted by molar-refractivity contribution is 5.97. The largest absolute Gasteiger partial charge is 0.496 e. The first-order chi connectivity index (χ1) is 11.1. The van der Waals surface area contributed by atoms with E-state index in [1.807, 2.05) is 37.3 Å². The zero-order valence-corrected chi connectivity index (χ0v) is 13.6. The molecule has 1 N–H and O–H groups in total. The number of amides is 1. The predicted octanol–water partition coefficient (Wildman–Crippen LogP) is 2.97. The Balaban J connectivity index is 1.75. The van der Waals surface area contributed by atoms with Crippen molar-refractivity contribution in [2.45, 2.75) is 13.5 Å². The Morgan fingerprint density at radius 1 is 1.26 bits per heavy atom. The van der Waals surface area contributed by atoms with E-state index in [0.29, 0.717) is 6.54 Å². The van der Waals surface area contributed by atoms with Gasteiger partial charge in [-0.05, 0) is 42.3 Å². The summed E-state index contributed by atoms with van der Waals surface area (Å²) < 4.78 is 10.8. The number of benzene rings is 2. The Hall–Kier alpha value is -2.69. The number of methoxy groups -OCH3 is 1. The van der Waals surface area contributed by atoms with Crippen molar-refractivity contribution < 1.29 is 14.3 Å². The molecule has 0 saturated carbocycles. The molecule has 0 unspecified atom stereocenters. The van der Waals surface area contributed by atoms with Gasteiger partial charge in [0.1, 0.15) is 11.5 Å². The first-order valence-electron chi connectivity index (χ1n) is 7.49.